The average Bonchev–Trinajstić information content (AvgIpc) is 2.70. The minimum absolute atomic E-state index is 0.202. The number of methoxy groups -OCH3 is 1. The van der Waals surface area contributed by atoms with Crippen LogP contribution in [0.5, 0.6) is 0 Å². The second kappa shape index (κ2) is 4.33. The van der Waals surface area contributed by atoms with E-state index in [2.05, 4.69) is 25.7 Å². The normalized spacial score (nSPS) is 21.8. The Hall–Kier alpha value is -1.03. The summed E-state index contributed by atoms with van der Waals surface area (Å²) in [6, 6.07) is 0. The molecule has 0 aromatic heterocycles. The molecule has 0 saturated carbocycles. The SMILES string of the molecule is COC(=O)N1CCC2=C(C1)CN(C(C)(C)C)C2. The minimum Gasteiger partial charge on any atom is -0.453 e. The summed E-state index contributed by atoms with van der Waals surface area (Å²) in [5, 5.41) is 0. The molecule has 0 atom stereocenters. The van der Waals surface area contributed by atoms with E-state index in [1.54, 1.807) is 4.90 Å². The fourth-order valence-electron chi connectivity index (χ4n) is 2.50. The van der Waals surface area contributed by atoms with Crippen LogP contribution in [0.3, 0.4) is 0 Å². The molecule has 2 rings (SSSR count). The van der Waals surface area contributed by atoms with Crippen molar-refractivity contribution in [2.75, 3.05) is 33.3 Å². The highest BCUT2D eigenvalue weighted by Gasteiger charge is 2.33. The van der Waals surface area contributed by atoms with Crippen molar-refractivity contribution in [3.63, 3.8) is 0 Å². The number of hydrogen-bond acceptors (Lipinski definition) is 3. The lowest BCUT2D eigenvalue weighted by Crippen LogP contribution is -2.40. The molecule has 0 radical (unpaired) electrons. The molecule has 0 aromatic rings. The van der Waals surface area contributed by atoms with Crippen LogP contribution >= 0.6 is 0 Å². The average molecular weight is 238 g/mol. The van der Waals surface area contributed by atoms with Gasteiger partial charge in [-0.3, -0.25) is 4.90 Å². The summed E-state index contributed by atoms with van der Waals surface area (Å²) in [7, 11) is 1.45. The molecule has 0 aliphatic carbocycles. The van der Waals surface area contributed by atoms with E-state index >= 15 is 0 Å². The lowest BCUT2D eigenvalue weighted by atomic mass is 10.0. The molecule has 2 aliphatic rings. The maximum atomic E-state index is 11.5. The maximum Gasteiger partial charge on any atom is 0.409 e. The van der Waals surface area contributed by atoms with Crippen molar-refractivity contribution in [1.82, 2.24) is 9.80 Å². The summed E-state index contributed by atoms with van der Waals surface area (Å²) >= 11 is 0. The molecule has 17 heavy (non-hydrogen) atoms. The van der Waals surface area contributed by atoms with Gasteiger partial charge >= 0.3 is 6.09 Å². The molecule has 4 nitrogen and oxygen atoms in total. The Morgan fingerprint density at radius 1 is 1.18 bits per heavy atom. The maximum absolute atomic E-state index is 11.5. The Morgan fingerprint density at radius 2 is 1.82 bits per heavy atom. The van der Waals surface area contributed by atoms with Crippen LogP contribution in [-0.2, 0) is 4.74 Å². The molecule has 0 aromatic carbocycles. The second-order valence-electron chi connectivity index (χ2n) is 5.88. The smallest absolute Gasteiger partial charge is 0.409 e. The lowest BCUT2D eigenvalue weighted by Gasteiger charge is -2.32. The number of hydrogen-bond donors (Lipinski definition) is 0. The van der Waals surface area contributed by atoms with Crippen LogP contribution in [0.15, 0.2) is 11.1 Å². The van der Waals surface area contributed by atoms with E-state index in [0.29, 0.717) is 0 Å². The first-order chi connectivity index (χ1) is 7.91. The van der Waals surface area contributed by atoms with Gasteiger partial charge in [0.25, 0.3) is 0 Å². The largest absolute Gasteiger partial charge is 0.453 e. The Balaban J connectivity index is 2.02. The highest BCUT2D eigenvalue weighted by molar-refractivity contribution is 5.68. The first-order valence-electron chi connectivity index (χ1n) is 6.19. The monoisotopic (exact) mass is 238 g/mol. The fraction of sp³-hybridized carbons (Fsp3) is 0.769. The summed E-state index contributed by atoms with van der Waals surface area (Å²) in [5.74, 6) is 0. The van der Waals surface area contributed by atoms with Crippen molar-refractivity contribution in [2.45, 2.75) is 32.7 Å². The predicted molar refractivity (Wildman–Crippen MR) is 66.9 cm³/mol. The summed E-state index contributed by atoms with van der Waals surface area (Å²) in [4.78, 5) is 15.8. The van der Waals surface area contributed by atoms with Gasteiger partial charge in [-0.25, -0.2) is 4.79 Å². The molecule has 0 unspecified atom stereocenters. The van der Waals surface area contributed by atoms with Crippen LogP contribution in [0.2, 0.25) is 0 Å². The number of carbonyl (C=O) groups excluding carboxylic acids is 1. The number of carbonyl (C=O) groups is 1. The van der Waals surface area contributed by atoms with Crippen LogP contribution in [-0.4, -0.2) is 54.7 Å². The molecule has 0 bridgehead atoms. The van der Waals surface area contributed by atoms with Crippen LogP contribution in [0.25, 0.3) is 0 Å². The molecule has 0 N–H and O–H groups in total. The van der Waals surface area contributed by atoms with E-state index in [9.17, 15) is 4.79 Å². The highest BCUT2D eigenvalue weighted by Crippen LogP contribution is 2.30. The highest BCUT2D eigenvalue weighted by atomic mass is 16.5. The fourth-order valence-corrected chi connectivity index (χ4v) is 2.50. The molecule has 0 saturated heterocycles. The van der Waals surface area contributed by atoms with E-state index in [-0.39, 0.29) is 11.6 Å². The number of amides is 1. The van der Waals surface area contributed by atoms with Gasteiger partial charge in [0.15, 0.2) is 0 Å². The van der Waals surface area contributed by atoms with E-state index in [0.717, 1.165) is 32.6 Å². The third-order valence-electron chi connectivity index (χ3n) is 3.71. The van der Waals surface area contributed by atoms with Gasteiger partial charge in [-0.05, 0) is 32.8 Å². The van der Waals surface area contributed by atoms with Crippen LogP contribution in [0.4, 0.5) is 4.79 Å². The van der Waals surface area contributed by atoms with Crippen LogP contribution < -0.4 is 0 Å². The Bertz CT molecular complexity index is 355. The van der Waals surface area contributed by atoms with Crippen molar-refractivity contribution in [1.29, 1.82) is 0 Å². The van der Waals surface area contributed by atoms with E-state index in [4.69, 9.17) is 4.74 Å². The summed E-state index contributed by atoms with van der Waals surface area (Å²) in [6.07, 6.45) is 0.794. The zero-order chi connectivity index (χ0) is 12.6. The summed E-state index contributed by atoms with van der Waals surface area (Å²) in [5.41, 5.74) is 3.14. The summed E-state index contributed by atoms with van der Waals surface area (Å²) < 4.78 is 4.78. The van der Waals surface area contributed by atoms with Crippen molar-refractivity contribution < 1.29 is 9.53 Å². The van der Waals surface area contributed by atoms with Crippen molar-refractivity contribution in [2.24, 2.45) is 0 Å². The topological polar surface area (TPSA) is 32.8 Å². The van der Waals surface area contributed by atoms with Gasteiger partial charge < -0.3 is 9.64 Å². The quantitative estimate of drug-likeness (QED) is 0.604. The van der Waals surface area contributed by atoms with Gasteiger partial charge in [0.05, 0.1) is 7.11 Å². The summed E-state index contributed by atoms with van der Waals surface area (Å²) in [6.45, 7) is 10.3. The molecule has 2 aliphatic heterocycles. The molecule has 1 amide bonds. The molecule has 0 fully saturated rings. The van der Waals surface area contributed by atoms with Crippen LogP contribution in [0.1, 0.15) is 27.2 Å². The molecule has 0 spiro atoms. The Morgan fingerprint density at radius 3 is 2.41 bits per heavy atom. The van der Waals surface area contributed by atoms with Gasteiger partial charge in [-0.1, -0.05) is 5.57 Å². The Labute approximate surface area is 103 Å². The van der Waals surface area contributed by atoms with E-state index in [1.165, 1.54) is 18.3 Å². The lowest BCUT2D eigenvalue weighted by molar-refractivity contribution is 0.125. The molecule has 4 heteroatoms. The minimum atomic E-state index is -0.203. The number of rotatable bonds is 0. The third-order valence-corrected chi connectivity index (χ3v) is 3.71. The van der Waals surface area contributed by atoms with Gasteiger partial charge in [0.2, 0.25) is 0 Å². The van der Waals surface area contributed by atoms with E-state index in [1.807, 2.05) is 0 Å². The van der Waals surface area contributed by atoms with Gasteiger partial charge in [0, 0.05) is 31.7 Å². The number of ether oxygens (including phenoxy) is 1. The predicted octanol–water partition coefficient (Wildman–Crippen LogP) is 1.87. The van der Waals surface area contributed by atoms with Gasteiger partial charge in [-0.2, -0.15) is 0 Å². The first-order valence-corrected chi connectivity index (χ1v) is 6.19. The standard InChI is InChI=1S/C13H22N2O2/c1-13(2,3)15-8-10-5-6-14(12(16)17-4)7-11(10)9-15/h5-9H2,1-4H3. The second-order valence-corrected chi connectivity index (χ2v) is 5.88. The molecular formula is C13H22N2O2. The zero-order valence-electron chi connectivity index (χ0n) is 11.2. The van der Waals surface area contributed by atoms with Gasteiger partial charge in [-0.15, -0.1) is 0 Å². The van der Waals surface area contributed by atoms with Crippen molar-refractivity contribution >= 4 is 6.09 Å². The zero-order valence-corrected chi connectivity index (χ0v) is 11.2. The Kier molecular flexibility index (Phi) is 3.17. The number of nitrogens with zero attached hydrogens (tertiary/aromatic N) is 2. The van der Waals surface area contributed by atoms with Crippen molar-refractivity contribution in [3.8, 4) is 0 Å². The van der Waals surface area contributed by atoms with E-state index < -0.39 is 0 Å². The van der Waals surface area contributed by atoms with Gasteiger partial charge in [0.1, 0.15) is 0 Å². The van der Waals surface area contributed by atoms with Crippen molar-refractivity contribution in [3.05, 3.63) is 11.1 Å². The molecule has 2 heterocycles. The third kappa shape index (κ3) is 2.46. The first kappa shape index (κ1) is 12.4. The molecular weight excluding hydrogens is 216 g/mol. The van der Waals surface area contributed by atoms with Crippen LogP contribution in [0, 0.1) is 0 Å². The molecule has 96 valence electrons.